The Morgan fingerprint density at radius 2 is 2.22 bits per heavy atom. The molecule has 1 atom stereocenters. The highest BCUT2D eigenvalue weighted by atomic mass is 32.2. The van der Waals surface area contributed by atoms with E-state index < -0.39 is 0 Å². The van der Waals surface area contributed by atoms with Crippen molar-refractivity contribution in [2.24, 2.45) is 11.7 Å². The molecule has 0 saturated carbocycles. The van der Waals surface area contributed by atoms with Gasteiger partial charge in [0.1, 0.15) is 5.82 Å². The molecule has 0 fully saturated rings. The van der Waals surface area contributed by atoms with Crippen molar-refractivity contribution in [3.05, 3.63) is 35.1 Å². The van der Waals surface area contributed by atoms with Gasteiger partial charge in [-0.2, -0.15) is 11.8 Å². The summed E-state index contributed by atoms with van der Waals surface area (Å²) in [7, 11) is 0. The lowest BCUT2D eigenvalue weighted by atomic mass is 10.1. The topological polar surface area (TPSA) is 46.2 Å². The van der Waals surface area contributed by atoms with E-state index >= 15 is 0 Å². The van der Waals surface area contributed by atoms with Gasteiger partial charge in [0.15, 0.2) is 0 Å². The molecule has 0 radical (unpaired) electrons. The Hall–Kier alpha value is -1.02. The van der Waals surface area contributed by atoms with Crippen LogP contribution in [0.25, 0.3) is 0 Å². The molecule has 0 amide bonds. The van der Waals surface area contributed by atoms with Gasteiger partial charge in [0.2, 0.25) is 0 Å². The van der Waals surface area contributed by atoms with Gasteiger partial charge in [-0.1, -0.05) is 18.8 Å². The molecule has 0 aromatic heterocycles. The van der Waals surface area contributed by atoms with E-state index in [-0.39, 0.29) is 24.9 Å². The number of thioether (sulfide) groups is 1. The molecular formula is C14H18FNOS. The first-order chi connectivity index (χ1) is 8.65. The van der Waals surface area contributed by atoms with E-state index in [2.05, 4.69) is 11.8 Å². The van der Waals surface area contributed by atoms with Crippen LogP contribution in [0.1, 0.15) is 18.1 Å². The zero-order valence-corrected chi connectivity index (χ0v) is 11.3. The fraction of sp³-hybridized carbons (Fsp3) is 0.429. The molecule has 3 N–H and O–H groups in total. The molecule has 2 nitrogen and oxygen atoms in total. The fourth-order valence-corrected chi connectivity index (χ4v) is 2.42. The van der Waals surface area contributed by atoms with Gasteiger partial charge in [0.05, 0.1) is 6.54 Å². The van der Waals surface area contributed by atoms with Gasteiger partial charge in [0.25, 0.3) is 0 Å². The lowest BCUT2D eigenvalue weighted by molar-refractivity contribution is 0.250. The standard InChI is InChI=1S/C14H18FNOS/c1-11(8-17)9-18-10-13-5-12(3-2-4-16)6-14(15)7-13/h5-7,11,17H,4,8-10,16H2,1H3. The number of benzene rings is 1. The molecule has 1 aromatic rings. The van der Waals surface area contributed by atoms with E-state index in [1.807, 2.05) is 13.0 Å². The third-order valence-electron chi connectivity index (χ3n) is 2.28. The number of halogens is 1. The van der Waals surface area contributed by atoms with Gasteiger partial charge in [-0.05, 0) is 35.4 Å². The van der Waals surface area contributed by atoms with Crippen molar-refractivity contribution in [1.29, 1.82) is 0 Å². The maximum absolute atomic E-state index is 13.4. The molecular weight excluding hydrogens is 249 g/mol. The molecule has 4 heteroatoms. The minimum atomic E-state index is -0.273. The maximum Gasteiger partial charge on any atom is 0.124 e. The second kappa shape index (κ2) is 8.15. The summed E-state index contributed by atoms with van der Waals surface area (Å²) in [4.78, 5) is 0. The van der Waals surface area contributed by atoms with Crippen LogP contribution < -0.4 is 5.73 Å². The third-order valence-corrected chi connectivity index (χ3v) is 3.62. The molecule has 0 spiro atoms. The molecule has 0 aliphatic heterocycles. The maximum atomic E-state index is 13.4. The number of hydrogen-bond donors (Lipinski definition) is 2. The first-order valence-electron chi connectivity index (χ1n) is 5.82. The van der Waals surface area contributed by atoms with Gasteiger partial charge in [-0.25, -0.2) is 4.39 Å². The zero-order valence-electron chi connectivity index (χ0n) is 10.4. The second-order valence-corrected chi connectivity index (χ2v) is 5.19. The van der Waals surface area contributed by atoms with Crippen molar-refractivity contribution in [2.75, 3.05) is 18.9 Å². The largest absolute Gasteiger partial charge is 0.396 e. The van der Waals surface area contributed by atoms with Crippen LogP contribution in [0.2, 0.25) is 0 Å². The average Bonchev–Trinajstić information content (AvgIpc) is 2.35. The van der Waals surface area contributed by atoms with Gasteiger partial charge < -0.3 is 10.8 Å². The van der Waals surface area contributed by atoms with E-state index in [9.17, 15) is 4.39 Å². The third kappa shape index (κ3) is 5.54. The summed E-state index contributed by atoms with van der Waals surface area (Å²) < 4.78 is 13.4. The zero-order chi connectivity index (χ0) is 13.4. The molecule has 18 heavy (non-hydrogen) atoms. The second-order valence-electron chi connectivity index (χ2n) is 4.16. The molecule has 1 aromatic carbocycles. The monoisotopic (exact) mass is 267 g/mol. The molecule has 0 bridgehead atoms. The van der Waals surface area contributed by atoms with Crippen molar-refractivity contribution >= 4 is 11.8 Å². The molecule has 1 unspecified atom stereocenters. The summed E-state index contributed by atoms with van der Waals surface area (Å²) in [5, 5.41) is 8.91. The summed E-state index contributed by atoms with van der Waals surface area (Å²) in [5.74, 6) is 7.12. The summed E-state index contributed by atoms with van der Waals surface area (Å²) in [6.07, 6.45) is 0. The lowest BCUT2D eigenvalue weighted by Crippen LogP contribution is -2.03. The van der Waals surface area contributed by atoms with Crippen molar-refractivity contribution in [2.45, 2.75) is 12.7 Å². The highest BCUT2D eigenvalue weighted by Gasteiger charge is 2.03. The minimum absolute atomic E-state index is 0.184. The number of nitrogens with two attached hydrogens (primary N) is 1. The van der Waals surface area contributed by atoms with Crippen molar-refractivity contribution in [3.63, 3.8) is 0 Å². The van der Waals surface area contributed by atoms with E-state index in [1.54, 1.807) is 11.8 Å². The van der Waals surface area contributed by atoms with Crippen LogP contribution >= 0.6 is 11.8 Å². The van der Waals surface area contributed by atoms with E-state index in [0.29, 0.717) is 5.56 Å². The van der Waals surface area contributed by atoms with Crippen LogP contribution in [0.3, 0.4) is 0 Å². The SMILES string of the molecule is CC(CO)CSCc1cc(F)cc(C#CCN)c1. The minimum Gasteiger partial charge on any atom is -0.396 e. The number of hydrogen-bond acceptors (Lipinski definition) is 3. The summed E-state index contributed by atoms with van der Waals surface area (Å²) >= 11 is 1.68. The van der Waals surface area contributed by atoms with Crippen LogP contribution in [-0.2, 0) is 5.75 Å². The van der Waals surface area contributed by atoms with Crippen LogP contribution in [0.5, 0.6) is 0 Å². The highest BCUT2D eigenvalue weighted by Crippen LogP contribution is 2.17. The average molecular weight is 267 g/mol. The Morgan fingerprint density at radius 1 is 1.44 bits per heavy atom. The first kappa shape index (κ1) is 15.0. The van der Waals surface area contributed by atoms with Crippen molar-refractivity contribution in [3.8, 4) is 11.8 Å². The van der Waals surface area contributed by atoms with Gasteiger partial charge in [-0.3, -0.25) is 0 Å². The normalized spacial score (nSPS) is 11.8. The molecule has 98 valence electrons. The number of aliphatic hydroxyl groups is 1. The molecule has 0 heterocycles. The highest BCUT2D eigenvalue weighted by molar-refractivity contribution is 7.98. The summed E-state index contributed by atoms with van der Waals surface area (Å²) in [6.45, 7) is 2.44. The molecule has 0 aliphatic rings. The Kier molecular flexibility index (Phi) is 6.81. The lowest BCUT2D eigenvalue weighted by Gasteiger charge is -2.07. The first-order valence-corrected chi connectivity index (χ1v) is 6.98. The van der Waals surface area contributed by atoms with Gasteiger partial charge in [0, 0.05) is 17.9 Å². The quantitative estimate of drug-likeness (QED) is 0.802. The predicted octanol–water partition coefficient (Wildman–Crippen LogP) is 2.00. The van der Waals surface area contributed by atoms with E-state index in [4.69, 9.17) is 10.8 Å². The molecule has 0 saturated heterocycles. The smallest absolute Gasteiger partial charge is 0.124 e. The Bertz CT molecular complexity index is 439. The number of aliphatic hydroxyl groups excluding tert-OH is 1. The Labute approximate surface area is 112 Å². The summed E-state index contributed by atoms with van der Waals surface area (Å²) in [5.41, 5.74) is 6.85. The number of rotatable bonds is 5. The van der Waals surface area contributed by atoms with Crippen LogP contribution in [-0.4, -0.2) is 24.0 Å². The Balaban J connectivity index is 2.62. The van der Waals surface area contributed by atoms with Crippen LogP contribution in [0.15, 0.2) is 18.2 Å². The van der Waals surface area contributed by atoms with E-state index in [0.717, 1.165) is 17.1 Å². The van der Waals surface area contributed by atoms with Gasteiger partial charge in [-0.15, -0.1) is 0 Å². The summed E-state index contributed by atoms with van der Waals surface area (Å²) in [6, 6.07) is 4.81. The fourth-order valence-electron chi connectivity index (χ4n) is 1.39. The van der Waals surface area contributed by atoms with Crippen molar-refractivity contribution in [1.82, 2.24) is 0 Å². The van der Waals surface area contributed by atoms with Crippen LogP contribution in [0.4, 0.5) is 4.39 Å². The Morgan fingerprint density at radius 3 is 2.89 bits per heavy atom. The van der Waals surface area contributed by atoms with Crippen molar-refractivity contribution < 1.29 is 9.50 Å². The predicted molar refractivity (Wildman–Crippen MR) is 74.7 cm³/mol. The van der Waals surface area contributed by atoms with Crippen LogP contribution in [0, 0.1) is 23.6 Å². The van der Waals surface area contributed by atoms with E-state index in [1.165, 1.54) is 12.1 Å². The van der Waals surface area contributed by atoms with Gasteiger partial charge >= 0.3 is 0 Å². The molecule has 1 rings (SSSR count). The molecule has 0 aliphatic carbocycles.